The number of nitrogens with zero attached hydrogens (tertiary/aromatic N) is 2. The SMILES string of the molecule is Cc1cccc(-n2nc(/C=C/C(=O)O)c(O)cc2=O)c1C. The number of carbonyl (C=O) groups is 1. The quantitative estimate of drug-likeness (QED) is 0.837. The first-order valence-electron chi connectivity index (χ1n) is 6.21. The molecule has 0 atom stereocenters. The summed E-state index contributed by atoms with van der Waals surface area (Å²) in [6, 6.07) is 6.45. The maximum Gasteiger partial charge on any atom is 0.328 e. The Morgan fingerprint density at radius 2 is 2.05 bits per heavy atom. The van der Waals surface area contributed by atoms with Crippen LogP contribution >= 0.6 is 0 Å². The molecule has 0 fully saturated rings. The number of rotatable bonds is 3. The number of carboxylic acid groups (broad SMARTS) is 1. The first-order chi connectivity index (χ1) is 9.90. The monoisotopic (exact) mass is 286 g/mol. The average molecular weight is 286 g/mol. The van der Waals surface area contributed by atoms with Gasteiger partial charge in [0.05, 0.1) is 5.69 Å². The molecule has 0 saturated heterocycles. The van der Waals surface area contributed by atoms with Crippen molar-refractivity contribution in [2.75, 3.05) is 0 Å². The number of benzene rings is 1. The highest BCUT2D eigenvalue weighted by Gasteiger charge is 2.10. The molecule has 2 aromatic rings. The van der Waals surface area contributed by atoms with Gasteiger partial charge in [-0.15, -0.1) is 0 Å². The summed E-state index contributed by atoms with van der Waals surface area (Å²) in [5.41, 5.74) is 1.99. The average Bonchev–Trinajstić information content (AvgIpc) is 2.41. The second-order valence-corrected chi connectivity index (χ2v) is 4.56. The van der Waals surface area contributed by atoms with Gasteiger partial charge in [0, 0.05) is 12.1 Å². The molecule has 0 saturated carbocycles. The minimum atomic E-state index is -1.17. The molecule has 0 unspecified atom stereocenters. The van der Waals surface area contributed by atoms with E-state index in [9.17, 15) is 14.7 Å². The lowest BCUT2D eigenvalue weighted by atomic mass is 10.1. The fraction of sp³-hybridized carbons (Fsp3) is 0.133. The zero-order chi connectivity index (χ0) is 15.6. The van der Waals surface area contributed by atoms with Crippen LogP contribution in [0.2, 0.25) is 0 Å². The summed E-state index contributed by atoms with van der Waals surface area (Å²) in [4.78, 5) is 22.5. The Kier molecular flexibility index (Phi) is 3.89. The number of hydrogen-bond acceptors (Lipinski definition) is 4. The van der Waals surface area contributed by atoms with Crippen LogP contribution in [0.4, 0.5) is 0 Å². The molecule has 0 bridgehead atoms. The van der Waals surface area contributed by atoms with Gasteiger partial charge >= 0.3 is 5.97 Å². The Labute approximate surface area is 120 Å². The number of aryl methyl sites for hydroxylation is 1. The summed E-state index contributed by atoms with van der Waals surface area (Å²) >= 11 is 0. The Balaban J connectivity index is 2.64. The van der Waals surface area contributed by atoms with E-state index in [4.69, 9.17) is 5.11 Å². The smallest absolute Gasteiger partial charge is 0.328 e. The lowest BCUT2D eigenvalue weighted by molar-refractivity contribution is -0.131. The van der Waals surface area contributed by atoms with E-state index in [1.165, 1.54) is 0 Å². The standard InChI is InChI=1S/C15H14N2O4/c1-9-4-3-5-12(10(9)2)17-14(19)8-13(18)11(16-17)6-7-15(20)21/h3-8,18H,1-2H3,(H,20,21)/b7-6+. The molecule has 2 rings (SSSR count). The number of aromatic nitrogens is 2. The van der Waals surface area contributed by atoms with E-state index in [1.807, 2.05) is 19.9 Å². The van der Waals surface area contributed by atoms with Gasteiger partial charge in [-0.2, -0.15) is 9.78 Å². The van der Waals surface area contributed by atoms with Crippen molar-refractivity contribution in [1.29, 1.82) is 0 Å². The van der Waals surface area contributed by atoms with Gasteiger partial charge in [0.2, 0.25) is 0 Å². The zero-order valence-electron chi connectivity index (χ0n) is 11.6. The predicted molar refractivity (Wildman–Crippen MR) is 77.6 cm³/mol. The van der Waals surface area contributed by atoms with Gasteiger partial charge in [-0.05, 0) is 37.1 Å². The zero-order valence-corrected chi connectivity index (χ0v) is 11.6. The second kappa shape index (κ2) is 5.62. The molecule has 0 radical (unpaired) electrons. The third-order valence-corrected chi connectivity index (χ3v) is 3.13. The molecule has 2 N–H and O–H groups in total. The van der Waals surface area contributed by atoms with Crippen molar-refractivity contribution < 1.29 is 15.0 Å². The van der Waals surface area contributed by atoms with Gasteiger partial charge in [-0.3, -0.25) is 4.79 Å². The second-order valence-electron chi connectivity index (χ2n) is 4.56. The number of aromatic hydroxyl groups is 1. The van der Waals surface area contributed by atoms with Gasteiger partial charge in [0.25, 0.3) is 5.56 Å². The van der Waals surface area contributed by atoms with Crippen molar-refractivity contribution in [2.45, 2.75) is 13.8 Å². The summed E-state index contributed by atoms with van der Waals surface area (Å²) in [7, 11) is 0. The van der Waals surface area contributed by atoms with Crippen molar-refractivity contribution in [3.05, 3.63) is 57.5 Å². The highest BCUT2D eigenvalue weighted by Crippen LogP contribution is 2.18. The maximum absolute atomic E-state index is 12.0. The first kappa shape index (κ1) is 14.5. The van der Waals surface area contributed by atoms with Crippen LogP contribution < -0.4 is 5.56 Å². The minimum absolute atomic E-state index is 0.0120. The summed E-state index contributed by atoms with van der Waals surface area (Å²) in [6.07, 6.45) is 1.98. The van der Waals surface area contributed by atoms with Gasteiger partial charge in [-0.25, -0.2) is 4.79 Å². The summed E-state index contributed by atoms with van der Waals surface area (Å²) < 4.78 is 1.14. The Morgan fingerprint density at radius 3 is 2.71 bits per heavy atom. The number of aliphatic carboxylic acids is 1. The van der Waals surface area contributed by atoms with E-state index >= 15 is 0 Å². The highest BCUT2D eigenvalue weighted by molar-refractivity contribution is 5.85. The summed E-state index contributed by atoms with van der Waals surface area (Å²) in [5.74, 6) is -1.53. The van der Waals surface area contributed by atoms with Crippen LogP contribution in [0.15, 0.2) is 35.1 Å². The maximum atomic E-state index is 12.0. The molecule has 21 heavy (non-hydrogen) atoms. The van der Waals surface area contributed by atoms with E-state index in [0.717, 1.165) is 34.0 Å². The molecule has 1 aromatic heterocycles. The minimum Gasteiger partial charge on any atom is -0.505 e. The summed E-state index contributed by atoms with van der Waals surface area (Å²) in [6.45, 7) is 3.77. The molecular formula is C15H14N2O4. The van der Waals surface area contributed by atoms with Gasteiger partial charge in [0.1, 0.15) is 11.4 Å². The molecule has 0 amide bonds. The fourth-order valence-electron chi connectivity index (χ4n) is 1.87. The molecule has 6 heteroatoms. The van der Waals surface area contributed by atoms with Crippen LogP contribution in [-0.4, -0.2) is 26.0 Å². The molecule has 1 heterocycles. The van der Waals surface area contributed by atoms with E-state index in [1.54, 1.807) is 12.1 Å². The normalized spacial score (nSPS) is 11.0. The topological polar surface area (TPSA) is 92.4 Å². The summed E-state index contributed by atoms with van der Waals surface area (Å²) in [5, 5.41) is 22.3. The van der Waals surface area contributed by atoms with E-state index < -0.39 is 11.5 Å². The van der Waals surface area contributed by atoms with Gasteiger partial charge < -0.3 is 10.2 Å². The fourth-order valence-corrected chi connectivity index (χ4v) is 1.87. The first-order valence-corrected chi connectivity index (χ1v) is 6.21. The van der Waals surface area contributed by atoms with Crippen molar-refractivity contribution in [3.63, 3.8) is 0 Å². The van der Waals surface area contributed by atoms with Crippen molar-refractivity contribution in [2.24, 2.45) is 0 Å². The molecule has 108 valence electrons. The van der Waals surface area contributed by atoms with Crippen LogP contribution in [0.1, 0.15) is 16.8 Å². The number of hydrogen-bond donors (Lipinski definition) is 2. The largest absolute Gasteiger partial charge is 0.505 e. The Bertz CT molecular complexity index is 791. The molecule has 1 aromatic carbocycles. The molecule has 0 aliphatic heterocycles. The van der Waals surface area contributed by atoms with E-state index in [-0.39, 0.29) is 11.4 Å². The third-order valence-electron chi connectivity index (χ3n) is 3.13. The lowest BCUT2D eigenvalue weighted by Gasteiger charge is -2.11. The highest BCUT2D eigenvalue weighted by atomic mass is 16.4. The molecule has 0 aliphatic carbocycles. The Hall–Kier alpha value is -2.89. The van der Waals surface area contributed by atoms with Crippen LogP contribution in [0.25, 0.3) is 11.8 Å². The van der Waals surface area contributed by atoms with Crippen LogP contribution in [0.3, 0.4) is 0 Å². The van der Waals surface area contributed by atoms with Crippen molar-refractivity contribution in [1.82, 2.24) is 9.78 Å². The van der Waals surface area contributed by atoms with E-state index in [2.05, 4.69) is 5.10 Å². The number of carboxylic acids is 1. The van der Waals surface area contributed by atoms with Crippen molar-refractivity contribution >= 4 is 12.0 Å². The predicted octanol–water partition coefficient (Wildman–Crippen LogP) is 1.65. The van der Waals surface area contributed by atoms with Gasteiger partial charge in [0.15, 0.2) is 0 Å². The lowest BCUT2D eigenvalue weighted by Crippen LogP contribution is -2.21. The van der Waals surface area contributed by atoms with Crippen LogP contribution in [0.5, 0.6) is 5.75 Å². The van der Waals surface area contributed by atoms with Crippen LogP contribution in [0, 0.1) is 13.8 Å². The third kappa shape index (κ3) is 3.00. The molecular weight excluding hydrogens is 272 g/mol. The van der Waals surface area contributed by atoms with E-state index in [0.29, 0.717) is 5.69 Å². The molecule has 6 nitrogen and oxygen atoms in total. The van der Waals surface area contributed by atoms with Crippen molar-refractivity contribution in [3.8, 4) is 11.4 Å². The molecule has 0 aliphatic rings. The Morgan fingerprint density at radius 1 is 1.33 bits per heavy atom. The molecule has 0 spiro atoms. The van der Waals surface area contributed by atoms with Gasteiger partial charge in [-0.1, -0.05) is 12.1 Å². The van der Waals surface area contributed by atoms with Crippen LogP contribution in [-0.2, 0) is 4.79 Å².